The zero-order valence-corrected chi connectivity index (χ0v) is 23.1. The van der Waals surface area contributed by atoms with Crippen LogP contribution in [-0.4, -0.2) is 96.6 Å². The van der Waals surface area contributed by atoms with Crippen LogP contribution in [0.3, 0.4) is 0 Å². The van der Waals surface area contributed by atoms with Crippen LogP contribution in [0.25, 0.3) is 0 Å². The number of carboxylic acid groups (broad SMARTS) is 1. The number of aliphatic carboxylic acids is 1. The molecule has 2 amide bonds. The summed E-state index contributed by atoms with van der Waals surface area (Å²) in [7, 11) is 0. The molecule has 0 aromatic carbocycles. The van der Waals surface area contributed by atoms with E-state index in [9.17, 15) is 19.5 Å². The van der Waals surface area contributed by atoms with Gasteiger partial charge in [0.1, 0.15) is 28.6 Å². The van der Waals surface area contributed by atoms with Gasteiger partial charge in [-0.15, -0.1) is 29.5 Å². The number of thiazole rings is 1. The Hall–Kier alpha value is -3.59. The van der Waals surface area contributed by atoms with Gasteiger partial charge in [0.2, 0.25) is 0 Å². The Bertz CT molecular complexity index is 1330. The number of amidine groups is 2. The number of anilines is 1. The molecule has 1 aromatic heterocycles. The van der Waals surface area contributed by atoms with Crippen molar-refractivity contribution in [1.29, 1.82) is 5.41 Å². The molecule has 3 aliphatic rings. The van der Waals surface area contributed by atoms with E-state index >= 15 is 0 Å². The maximum Gasteiger partial charge on any atom is 0.352 e. The van der Waals surface area contributed by atoms with E-state index in [2.05, 4.69) is 26.4 Å². The molecule has 39 heavy (non-hydrogen) atoms. The van der Waals surface area contributed by atoms with Crippen molar-refractivity contribution in [3.05, 3.63) is 22.3 Å². The zero-order chi connectivity index (χ0) is 28.3. The standard InChI is InChI=1S/C22H25N9O5S3/c1-3-5-36-29-14(11-9-38-21(25)26-11)17(32)28-15-18(33)31-16(20(34)35)10(7-37-19(15)31)8-39-22-27-12(23)6-13(24)30(22)4-2/h1,9,13,15,19,23H,4-8,24H2,2H3,(H2,25,26)(H,28,32)(H,34,35)/t13?,15?,19-/m0/s1. The van der Waals surface area contributed by atoms with Gasteiger partial charge in [-0.3, -0.25) is 19.9 Å². The van der Waals surface area contributed by atoms with Crippen molar-refractivity contribution in [3.63, 3.8) is 0 Å². The Kier molecular flexibility index (Phi) is 8.80. The van der Waals surface area contributed by atoms with Crippen molar-refractivity contribution in [2.75, 3.05) is 30.4 Å². The topological polar surface area (TPSA) is 213 Å². The third kappa shape index (κ3) is 5.88. The number of rotatable bonds is 9. The van der Waals surface area contributed by atoms with Gasteiger partial charge >= 0.3 is 5.97 Å². The number of nitrogen functional groups attached to an aromatic ring is 1. The van der Waals surface area contributed by atoms with Crippen LogP contribution >= 0.6 is 34.9 Å². The van der Waals surface area contributed by atoms with Crippen LogP contribution < -0.4 is 16.8 Å². The van der Waals surface area contributed by atoms with Gasteiger partial charge in [-0.05, 0) is 12.5 Å². The largest absolute Gasteiger partial charge is 0.477 e. The maximum absolute atomic E-state index is 13.1. The first-order valence-corrected chi connectivity index (χ1v) is 14.4. The predicted molar refractivity (Wildman–Crippen MR) is 150 cm³/mol. The van der Waals surface area contributed by atoms with E-state index in [0.29, 0.717) is 29.5 Å². The molecule has 1 aromatic rings. The van der Waals surface area contributed by atoms with Gasteiger partial charge in [-0.2, -0.15) is 0 Å². The second-order valence-corrected chi connectivity index (χ2v) is 11.2. The fourth-order valence-electron chi connectivity index (χ4n) is 4.05. The lowest BCUT2D eigenvalue weighted by molar-refractivity contribution is -0.150. The number of thioether (sulfide) groups is 2. The summed E-state index contributed by atoms with van der Waals surface area (Å²) in [6.45, 7) is 2.32. The highest BCUT2D eigenvalue weighted by molar-refractivity contribution is 8.14. The molecule has 7 N–H and O–H groups in total. The minimum Gasteiger partial charge on any atom is -0.477 e. The third-order valence-electron chi connectivity index (χ3n) is 5.82. The number of hydrogen-bond donors (Lipinski definition) is 5. The number of fused-ring (bicyclic) bond motifs is 1. The van der Waals surface area contributed by atoms with Crippen molar-refractivity contribution in [2.24, 2.45) is 15.9 Å². The number of nitrogens with two attached hydrogens (primary N) is 2. The van der Waals surface area contributed by atoms with Crippen molar-refractivity contribution in [1.82, 2.24) is 20.1 Å². The minimum atomic E-state index is -1.25. The Balaban J connectivity index is 1.49. The molecule has 0 saturated carbocycles. The molecule has 3 aliphatic heterocycles. The van der Waals surface area contributed by atoms with Crippen LogP contribution in [0.4, 0.5) is 5.13 Å². The average Bonchev–Trinajstić information content (AvgIpc) is 3.33. The zero-order valence-electron chi connectivity index (χ0n) is 20.6. The van der Waals surface area contributed by atoms with Crippen LogP contribution in [0.5, 0.6) is 0 Å². The molecule has 0 radical (unpaired) electrons. The van der Waals surface area contributed by atoms with Crippen molar-refractivity contribution in [3.8, 4) is 12.3 Å². The second-order valence-electron chi connectivity index (χ2n) is 8.29. The average molecular weight is 592 g/mol. The number of nitrogens with one attached hydrogen (secondary N) is 2. The molecule has 2 unspecified atom stereocenters. The Morgan fingerprint density at radius 1 is 1.49 bits per heavy atom. The van der Waals surface area contributed by atoms with Crippen LogP contribution in [0, 0.1) is 17.8 Å². The lowest BCUT2D eigenvalue weighted by Crippen LogP contribution is -2.71. The summed E-state index contributed by atoms with van der Waals surface area (Å²) in [4.78, 5) is 54.7. The lowest BCUT2D eigenvalue weighted by Gasteiger charge is -2.49. The predicted octanol–water partition coefficient (Wildman–Crippen LogP) is -0.105. The van der Waals surface area contributed by atoms with Gasteiger partial charge in [0, 0.05) is 29.9 Å². The minimum absolute atomic E-state index is 0.126. The number of carbonyl (C=O) groups is 3. The highest BCUT2D eigenvalue weighted by atomic mass is 32.2. The first kappa shape index (κ1) is 28.4. The summed E-state index contributed by atoms with van der Waals surface area (Å²) in [6, 6.07) is -0.989. The molecule has 0 spiro atoms. The smallest absolute Gasteiger partial charge is 0.352 e. The molecular weight excluding hydrogens is 567 g/mol. The fraction of sp³-hybridized carbons (Fsp3) is 0.409. The summed E-state index contributed by atoms with van der Waals surface area (Å²) in [6.07, 6.45) is 5.11. The normalized spacial score (nSPS) is 23.1. The number of oxime groups is 1. The Morgan fingerprint density at radius 2 is 2.26 bits per heavy atom. The van der Waals surface area contributed by atoms with Gasteiger partial charge in [0.25, 0.3) is 11.8 Å². The highest BCUT2D eigenvalue weighted by Crippen LogP contribution is 2.41. The van der Waals surface area contributed by atoms with Crippen LogP contribution in [0.1, 0.15) is 19.0 Å². The molecule has 3 atom stereocenters. The number of terminal acetylenes is 1. The number of carboxylic acids is 1. The summed E-state index contributed by atoms with van der Waals surface area (Å²) < 4.78 is 0. The van der Waals surface area contributed by atoms with Crippen molar-refractivity contribution < 1.29 is 24.3 Å². The first-order chi connectivity index (χ1) is 18.7. The maximum atomic E-state index is 13.1. The Labute approximate surface area is 235 Å². The van der Waals surface area contributed by atoms with E-state index in [0.717, 1.165) is 11.3 Å². The number of carbonyl (C=O) groups excluding carboxylic acids is 2. The van der Waals surface area contributed by atoms with Gasteiger partial charge in [0.05, 0.1) is 6.17 Å². The van der Waals surface area contributed by atoms with Gasteiger partial charge in [-0.25, -0.2) is 14.8 Å². The highest BCUT2D eigenvalue weighted by Gasteiger charge is 2.54. The summed E-state index contributed by atoms with van der Waals surface area (Å²) >= 11 is 3.69. The van der Waals surface area contributed by atoms with Gasteiger partial charge in [0.15, 0.2) is 22.6 Å². The second kappa shape index (κ2) is 12.1. The molecular formula is C22H25N9O5S3. The number of nitrogens with zero attached hydrogens (tertiary/aromatic N) is 5. The number of amides is 2. The molecule has 0 bridgehead atoms. The lowest BCUT2D eigenvalue weighted by atomic mass is 10.0. The van der Waals surface area contributed by atoms with E-state index in [1.165, 1.54) is 33.8 Å². The third-order valence-corrected chi connectivity index (χ3v) is 8.91. The number of aliphatic imine (C=N–C) groups is 1. The molecule has 17 heteroatoms. The molecule has 0 aliphatic carbocycles. The first-order valence-electron chi connectivity index (χ1n) is 11.5. The SMILES string of the molecule is C#CCON=C(C(=O)NC1C(=O)N2C(C(=O)O)=C(CSC3=NC(=N)CC(N)N3CC)CS[C@@H]12)c1csc(N)n1. The monoisotopic (exact) mass is 591 g/mol. The molecule has 4 heterocycles. The van der Waals surface area contributed by atoms with E-state index < -0.39 is 29.2 Å². The summed E-state index contributed by atoms with van der Waals surface area (Å²) in [5, 5.41) is 25.9. The molecule has 206 valence electrons. The summed E-state index contributed by atoms with van der Waals surface area (Å²) in [5.41, 5.74) is 12.1. The number of aromatic nitrogens is 1. The molecule has 14 nitrogen and oxygen atoms in total. The van der Waals surface area contributed by atoms with Gasteiger partial charge in [-0.1, -0.05) is 22.8 Å². The van der Waals surface area contributed by atoms with Crippen molar-refractivity contribution in [2.45, 2.75) is 30.9 Å². The van der Waals surface area contributed by atoms with E-state index in [1.807, 2.05) is 11.8 Å². The van der Waals surface area contributed by atoms with E-state index in [1.54, 1.807) is 0 Å². The van der Waals surface area contributed by atoms with Crippen LogP contribution in [-0.2, 0) is 19.2 Å². The van der Waals surface area contributed by atoms with Crippen LogP contribution in [0.15, 0.2) is 26.8 Å². The number of β-lactam (4-membered cyclic amide) rings is 1. The Morgan fingerprint density at radius 3 is 2.90 bits per heavy atom. The van der Waals surface area contributed by atoms with E-state index in [-0.39, 0.29) is 46.6 Å². The van der Waals surface area contributed by atoms with Crippen molar-refractivity contribution >= 4 is 74.5 Å². The quantitative estimate of drug-likeness (QED) is 0.0840. The van der Waals surface area contributed by atoms with Crippen LogP contribution in [0.2, 0.25) is 0 Å². The number of hydrogen-bond acceptors (Lipinski definition) is 13. The molecule has 4 rings (SSSR count). The summed E-state index contributed by atoms with van der Waals surface area (Å²) in [5.74, 6) is 0.375. The van der Waals surface area contributed by atoms with Gasteiger partial charge < -0.3 is 31.6 Å². The fourth-order valence-corrected chi connectivity index (χ4v) is 7.22. The molecule has 1 saturated heterocycles. The van der Waals surface area contributed by atoms with E-state index in [4.69, 9.17) is 28.1 Å². The molecule has 1 fully saturated rings.